The first-order chi connectivity index (χ1) is 7.76. The third kappa shape index (κ3) is 2.06. The molecule has 3 nitrogen and oxygen atoms in total. The molecule has 1 aliphatic rings. The topological polar surface area (TPSA) is 38.7 Å². The number of aliphatic hydroxyl groups excluding tert-OH is 1. The molecule has 1 aliphatic carbocycles. The van der Waals surface area contributed by atoms with Gasteiger partial charge in [-0.3, -0.25) is 0 Å². The fourth-order valence-corrected chi connectivity index (χ4v) is 2.06. The fourth-order valence-electron chi connectivity index (χ4n) is 2.06. The Bertz CT molecular complexity index is 351. The van der Waals surface area contributed by atoms with Crippen molar-refractivity contribution in [2.75, 3.05) is 7.11 Å². The molecule has 1 aromatic carbocycles. The second-order valence-electron chi connectivity index (χ2n) is 4.12. The molecule has 3 atom stereocenters. The molecule has 1 aromatic rings. The van der Waals surface area contributed by atoms with E-state index in [1.807, 2.05) is 18.2 Å². The normalized spacial score (nSPS) is 28.6. The van der Waals surface area contributed by atoms with Gasteiger partial charge in [0.1, 0.15) is 18.0 Å². The van der Waals surface area contributed by atoms with Crippen molar-refractivity contribution in [3.05, 3.63) is 29.8 Å². The summed E-state index contributed by atoms with van der Waals surface area (Å²) < 4.78 is 11.0. The highest BCUT2D eigenvalue weighted by molar-refractivity contribution is 5.33. The van der Waals surface area contributed by atoms with Crippen molar-refractivity contribution < 1.29 is 14.6 Å². The van der Waals surface area contributed by atoms with Gasteiger partial charge in [-0.15, -0.1) is 0 Å². The number of ether oxygens (including phenoxy) is 2. The SMILES string of the molecule is CCc1ccccc1OC1CC(O)C1OC. The molecule has 88 valence electrons. The maximum atomic E-state index is 9.48. The number of hydrogen-bond acceptors (Lipinski definition) is 3. The monoisotopic (exact) mass is 222 g/mol. The van der Waals surface area contributed by atoms with Gasteiger partial charge in [-0.25, -0.2) is 0 Å². The van der Waals surface area contributed by atoms with Crippen LogP contribution in [0.1, 0.15) is 18.9 Å². The van der Waals surface area contributed by atoms with Gasteiger partial charge >= 0.3 is 0 Å². The fraction of sp³-hybridized carbons (Fsp3) is 0.538. The molecule has 1 N–H and O–H groups in total. The van der Waals surface area contributed by atoms with Crippen LogP contribution in [0.5, 0.6) is 5.75 Å². The average molecular weight is 222 g/mol. The summed E-state index contributed by atoms with van der Waals surface area (Å²) >= 11 is 0. The molecule has 0 aromatic heterocycles. The van der Waals surface area contributed by atoms with Crippen molar-refractivity contribution in [1.82, 2.24) is 0 Å². The van der Waals surface area contributed by atoms with E-state index in [1.54, 1.807) is 7.11 Å². The van der Waals surface area contributed by atoms with E-state index in [0.717, 1.165) is 12.2 Å². The van der Waals surface area contributed by atoms with Crippen LogP contribution in [0.15, 0.2) is 24.3 Å². The summed E-state index contributed by atoms with van der Waals surface area (Å²) in [4.78, 5) is 0. The maximum absolute atomic E-state index is 9.48. The van der Waals surface area contributed by atoms with Crippen molar-refractivity contribution in [3.63, 3.8) is 0 Å². The Hall–Kier alpha value is -1.06. The molecule has 2 rings (SSSR count). The summed E-state index contributed by atoms with van der Waals surface area (Å²) in [5, 5.41) is 9.48. The largest absolute Gasteiger partial charge is 0.487 e. The van der Waals surface area contributed by atoms with Gasteiger partial charge in [-0.2, -0.15) is 0 Å². The van der Waals surface area contributed by atoms with Gasteiger partial charge in [0, 0.05) is 13.5 Å². The van der Waals surface area contributed by atoms with Crippen molar-refractivity contribution in [2.45, 2.75) is 38.1 Å². The molecule has 0 radical (unpaired) electrons. The van der Waals surface area contributed by atoms with Crippen LogP contribution in [-0.4, -0.2) is 30.5 Å². The number of rotatable bonds is 4. The van der Waals surface area contributed by atoms with Gasteiger partial charge in [-0.05, 0) is 18.1 Å². The quantitative estimate of drug-likeness (QED) is 0.844. The zero-order chi connectivity index (χ0) is 11.5. The predicted molar refractivity (Wildman–Crippen MR) is 61.7 cm³/mol. The molecule has 0 bridgehead atoms. The third-order valence-electron chi connectivity index (χ3n) is 3.12. The number of hydrogen-bond donors (Lipinski definition) is 1. The van der Waals surface area contributed by atoms with E-state index >= 15 is 0 Å². The van der Waals surface area contributed by atoms with Crippen LogP contribution in [-0.2, 0) is 11.2 Å². The molecule has 0 amide bonds. The highest BCUT2D eigenvalue weighted by atomic mass is 16.6. The van der Waals surface area contributed by atoms with E-state index in [4.69, 9.17) is 9.47 Å². The van der Waals surface area contributed by atoms with Gasteiger partial charge in [0.25, 0.3) is 0 Å². The zero-order valence-electron chi connectivity index (χ0n) is 9.72. The first-order valence-electron chi connectivity index (χ1n) is 5.71. The van der Waals surface area contributed by atoms with E-state index in [0.29, 0.717) is 6.42 Å². The molecule has 0 spiro atoms. The smallest absolute Gasteiger partial charge is 0.130 e. The molecular weight excluding hydrogens is 204 g/mol. The number of methoxy groups -OCH3 is 1. The van der Waals surface area contributed by atoms with Crippen molar-refractivity contribution in [1.29, 1.82) is 0 Å². The molecule has 3 unspecified atom stereocenters. The molecule has 1 saturated carbocycles. The van der Waals surface area contributed by atoms with E-state index in [-0.39, 0.29) is 18.3 Å². The van der Waals surface area contributed by atoms with Gasteiger partial charge in [0.2, 0.25) is 0 Å². The molecule has 0 saturated heterocycles. The molecule has 3 heteroatoms. The zero-order valence-corrected chi connectivity index (χ0v) is 9.72. The van der Waals surface area contributed by atoms with Crippen LogP contribution in [0.2, 0.25) is 0 Å². The molecular formula is C13H18O3. The average Bonchev–Trinajstić information content (AvgIpc) is 2.29. The van der Waals surface area contributed by atoms with Crippen LogP contribution in [0, 0.1) is 0 Å². The lowest BCUT2D eigenvalue weighted by Crippen LogP contribution is -2.54. The second kappa shape index (κ2) is 4.85. The molecule has 16 heavy (non-hydrogen) atoms. The van der Waals surface area contributed by atoms with Gasteiger partial charge < -0.3 is 14.6 Å². The Morgan fingerprint density at radius 2 is 2.12 bits per heavy atom. The lowest BCUT2D eigenvalue weighted by molar-refractivity contribution is -0.149. The minimum atomic E-state index is -0.385. The highest BCUT2D eigenvalue weighted by Crippen LogP contribution is 2.30. The van der Waals surface area contributed by atoms with E-state index in [2.05, 4.69) is 13.0 Å². The maximum Gasteiger partial charge on any atom is 0.130 e. The minimum absolute atomic E-state index is 0.0206. The van der Waals surface area contributed by atoms with Gasteiger partial charge in [0.15, 0.2) is 0 Å². The van der Waals surface area contributed by atoms with E-state index < -0.39 is 0 Å². The Morgan fingerprint density at radius 1 is 1.38 bits per heavy atom. The predicted octanol–water partition coefficient (Wildman–Crippen LogP) is 1.78. The number of aryl methyl sites for hydroxylation is 1. The highest BCUT2D eigenvalue weighted by Gasteiger charge is 2.42. The first kappa shape index (κ1) is 11.4. The van der Waals surface area contributed by atoms with Gasteiger partial charge in [-0.1, -0.05) is 25.1 Å². The minimum Gasteiger partial charge on any atom is -0.487 e. The van der Waals surface area contributed by atoms with Crippen molar-refractivity contribution in [3.8, 4) is 5.75 Å². The summed E-state index contributed by atoms with van der Waals surface area (Å²) in [5.74, 6) is 0.906. The summed E-state index contributed by atoms with van der Waals surface area (Å²) in [7, 11) is 1.61. The van der Waals surface area contributed by atoms with Crippen LogP contribution < -0.4 is 4.74 Å². The molecule has 0 heterocycles. The first-order valence-corrected chi connectivity index (χ1v) is 5.71. The second-order valence-corrected chi connectivity index (χ2v) is 4.12. The van der Waals surface area contributed by atoms with Crippen LogP contribution >= 0.6 is 0 Å². The summed E-state index contributed by atoms with van der Waals surface area (Å²) in [5.41, 5.74) is 1.19. The van der Waals surface area contributed by atoms with Gasteiger partial charge in [0.05, 0.1) is 6.10 Å². The Labute approximate surface area is 96.0 Å². The Kier molecular flexibility index (Phi) is 3.46. The lowest BCUT2D eigenvalue weighted by atomic mass is 9.88. The summed E-state index contributed by atoms with van der Waals surface area (Å²) in [6.07, 6.45) is 1.00. The standard InChI is InChI=1S/C13H18O3/c1-3-9-6-4-5-7-11(9)16-12-8-10(14)13(12)15-2/h4-7,10,12-14H,3,8H2,1-2H3. The Morgan fingerprint density at radius 3 is 2.75 bits per heavy atom. The van der Waals surface area contributed by atoms with Crippen LogP contribution in [0.25, 0.3) is 0 Å². The van der Waals surface area contributed by atoms with Crippen molar-refractivity contribution >= 4 is 0 Å². The number of aliphatic hydroxyl groups is 1. The van der Waals surface area contributed by atoms with E-state index in [1.165, 1.54) is 5.56 Å². The van der Waals surface area contributed by atoms with Crippen molar-refractivity contribution in [2.24, 2.45) is 0 Å². The van der Waals surface area contributed by atoms with E-state index in [9.17, 15) is 5.11 Å². The van der Waals surface area contributed by atoms with Crippen LogP contribution in [0.3, 0.4) is 0 Å². The van der Waals surface area contributed by atoms with Crippen LogP contribution in [0.4, 0.5) is 0 Å². The number of benzene rings is 1. The number of para-hydroxylation sites is 1. The lowest BCUT2D eigenvalue weighted by Gasteiger charge is -2.40. The third-order valence-corrected chi connectivity index (χ3v) is 3.12. The Balaban J connectivity index is 2.04. The molecule has 1 fully saturated rings. The molecule has 0 aliphatic heterocycles. The summed E-state index contributed by atoms with van der Waals surface area (Å²) in [6, 6.07) is 8.00. The summed E-state index contributed by atoms with van der Waals surface area (Å²) in [6.45, 7) is 2.10.